The second kappa shape index (κ2) is 43.6. The van der Waals surface area contributed by atoms with Crippen molar-refractivity contribution in [1.29, 1.82) is 0 Å². The first-order chi connectivity index (χ1) is 27.0. The zero-order chi connectivity index (χ0) is 40.1. The van der Waals surface area contributed by atoms with Gasteiger partial charge in [-0.05, 0) is 64.2 Å². The Bertz CT molecular complexity index is 1070. The van der Waals surface area contributed by atoms with E-state index in [0.717, 1.165) is 103 Å². The van der Waals surface area contributed by atoms with Gasteiger partial charge >= 0.3 is 17.9 Å². The van der Waals surface area contributed by atoms with Crippen molar-refractivity contribution in [2.75, 3.05) is 13.2 Å². The van der Waals surface area contributed by atoms with Gasteiger partial charge in [-0.2, -0.15) is 0 Å². The third-order valence-electron chi connectivity index (χ3n) is 9.30. The molecule has 0 aromatic rings. The second-order valence-electron chi connectivity index (χ2n) is 14.6. The Morgan fingerprint density at radius 1 is 0.400 bits per heavy atom. The smallest absolute Gasteiger partial charge is 0.306 e. The van der Waals surface area contributed by atoms with Crippen LogP contribution in [0.3, 0.4) is 0 Å². The van der Waals surface area contributed by atoms with Crippen LogP contribution in [0.15, 0.2) is 72.9 Å². The zero-order valence-electron chi connectivity index (χ0n) is 35.7. The van der Waals surface area contributed by atoms with Crippen molar-refractivity contribution in [3.63, 3.8) is 0 Å². The molecule has 55 heavy (non-hydrogen) atoms. The SMILES string of the molecule is CC\C=C/C=C\C=C/C=C\CCCCCC(=O)OCC(COC(=O)CCCCCCCCCCCCCC)OC(=O)CCCCCCC/C=C\C/C=C\CC. The molecule has 6 heteroatoms. The maximum absolute atomic E-state index is 12.7. The number of esters is 3. The summed E-state index contributed by atoms with van der Waals surface area (Å²) < 4.78 is 16.7. The van der Waals surface area contributed by atoms with Crippen LogP contribution in [0.1, 0.15) is 201 Å². The number of hydrogen-bond donors (Lipinski definition) is 0. The second-order valence-corrected chi connectivity index (χ2v) is 14.6. The monoisotopic (exact) mass is 767 g/mol. The van der Waals surface area contributed by atoms with Gasteiger partial charge < -0.3 is 14.2 Å². The van der Waals surface area contributed by atoms with Crippen LogP contribution in [0.5, 0.6) is 0 Å². The summed E-state index contributed by atoms with van der Waals surface area (Å²) >= 11 is 0. The molecular weight excluding hydrogens is 685 g/mol. The Hall–Kier alpha value is -3.15. The van der Waals surface area contributed by atoms with Crippen LogP contribution in [-0.4, -0.2) is 37.2 Å². The number of ether oxygens (including phenoxy) is 3. The fourth-order valence-corrected chi connectivity index (χ4v) is 5.96. The van der Waals surface area contributed by atoms with Gasteiger partial charge in [0, 0.05) is 19.3 Å². The highest BCUT2D eigenvalue weighted by molar-refractivity contribution is 5.71. The van der Waals surface area contributed by atoms with Gasteiger partial charge in [0.2, 0.25) is 0 Å². The summed E-state index contributed by atoms with van der Waals surface area (Å²) in [5, 5.41) is 0. The van der Waals surface area contributed by atoms with Crippen molar-refractivity contribution < 1.29 is 28.6 Å². The molecule has 0 aliphatic heterocycles. The van der Waals surface area contributed by atoms with E-state index in [1.165, 1.54) is 57.8 Å². The predicted octanol–water partition coefficient (Wildman–Crippen LogP) is 14.3. The molecule has 0 bridgehead atoms. The topological polar surface area (TPSA) is 78.9 Å². The van der Waals surface area contributed by atoms with Crippen molar-refractivity contribution in [3.05, 3.63) is 72.9 Å². The van der Waals surface area contributed by atoms with Crippen molar-refractivity contribution >= 4 is 17.9 Å². The van der Waals surface area contributed by atoms with E-state index in [1.807, 2.05) is 36.5 Å². The number of rotatable bonds is 39. The summed E-state index contributed by atoms with van der Waals surface area (Å²) in [7, 11) is 0. The number of hydrogen-bond acceptors (Lipinski definition) is 6. The number of unbranched alkanes of at least 4 members (excludes halogenated alkanes) is 19. The zero-order valence-corrected chi connectivity index (χ0v) is 35.7. The minimum absolute atomic E-state index is 0.0934. The van der Waals surface area contributed by atoms with E-state index < -0.39 is 6.10 Å². The summed E-state index contributed by atoms with van der Waals surface area (Å²) in [6.07, 6.45) is 53.1. The third kappa shape index (κ3) is 41.8. The average molecular weight is 767 g/mol. The Morgan fingerprint density at radius 2 is 0.800 bits per heavy atom. The molecule has 314 valence electrons. The molecule has 0 saturated heterocycles. The van der Waals surface area contributed by atoms with Gasteiger partial charge in [0.05, 0.1) is 0 Å². The van der Waals surface area contributed by atoms with Crippen LogP contribution in [0.25, 0.3) is 0 Å². The quantitative estimate of drug-likeness (QED) is 0.0204. The van der Waals surface area contributed by atoms with Crippen LogP contribution in [0.4, 0.5) is 0 Å². The first-order valence-electron chi connectivity index (χ1n) is 22.5. The lowest BCUT2D eigenvalue weighted by Gasteiger charge is -2.18. The average Bonchev–Trinajstić information content (AvgIpc) is 3.18. The largest absolute Gasteiger partial charge is 0.462 e. The molecule has 6 nitrogen and oxygen atoms in total. The maximum atomic E-state index is 12.7. The summed E-state index contributed by atoms with van der Waals surface area (Å²) in [5.74, 6) is -0.955. The van der Waals surface area contributed by atoms with Crippen molar-refractivity contribution in [2.24, 2.45) is 0 Å². The molecule has 0 aliphatic rings. The Labute approximate surface area is 338 Å². The van der Waals surface area contributed by atoms with Gasteiger partial charge in [0.15, 0.2) is 6.10 Å². The fourth-order valence-electron chi connectivity index (χ4n) is 5.96. The summed E-state index contributed by atoms with van der Waals surface area (Å²) in [6.45, 7) is 6.32. The predicted molar refractivity (Wildman–Crippen MR) is 233 cm³/mol. The number of carbonyl (C=O) groups excluding carboxylic acids is 3. The highest BCUT2D eigenvalue weighted by Gasteiger charge is 2.19. The lowest BCUT2D eigenvalue weighted by Crippen LogP contribution is -2.30. The number of carbonyl (C=O) groups is 3. The molecule has 1 unspecified atom stereocenters. The van der Waals surface area contributed by atoms with Gasteiger partial charge in [-0.3, -0.25) is 14.4 Å². The van der Waals surface area contributed by atoms with E-state index in [2.05, 4.69) is 57.2 Å². The molecule has 0 N–H and O–H groups in total. The maximum Gasteiger partial charge on any atom is 0.306 e. The highest BCUT2D eigenvalue weighted by atomic mass is 16.6. The standard InChI is InChI=1S/C49H82O6/c1-4-7-10-13-16-19-22-25-28-30-33-36-39-42-48(51)54-45-46(55-49(52)43-40-37-34-31-27-24-21-18-15-12-9-6-3)44-53-47(50)41-38-35-32-29-26-23-20-17-14-11-8-5-2/h7,9-10,12-13,16,18-19,21-22,25,28,46H,4-6,8,11,14-15,17,20,23-24,26-27,29-45H2,1-3H3/b10-7-,12-9-,16-13-,21-18-,22-19-,28-25-. The molecule has 0 aromatic carbocycles. The van der Waals surface area contributed by atoms with E-state index in [1.54, 1.807) is 0 Å². The Morgan fingerprint density at radius 3 is 1.33 bits per heavy atom. The minimum Gasteiger partial charge on any atom is -0.462 e. The Kier molecular flexibility index (Phi) is 41.1. The molecule has 0 saturated carbocycles. The van der Waals surface area contributed by atoms with E-state index >= 15 is 0 Å². The van der Waals surface area contributed by atoms with Gasteiger partial charge in [0.1, 0.15) is 13.2 Å². The molecule has 0 radical (unpaired) electrons. The van der Waals surface area contributed by atoms with E-state index in [0.29, 0.717) is 19.3 Å². The van der Waals surface area contributed by atoms with Crippen molar-refractivity contribution in [3.8, 4) is 0 Å². The molecule has 0 fully saturated rings. The molecular formula is C49H82O6. The molecule has 0 aromatic heterocycles. The first-order valence-corrected chi connectivity index (χ1v) is 22.5. The summed E-state index contributed by atoms with van der Waals surface area (Å²) in [5.41, 5.74) is 0. The molecule has 1 atom stereocenters. The summed E-state index contributed by atoms with van der Waals surface area (Å²) in [6, 6.07) is 0. The van der Waals surface area contributed by atoms with Gasteiger partial charge in [0.25, 0.3) is 0 Å². The lowest BCUT2D eigenvalue weighted by atomic mass is 10.0. The van der Waals surface area contributed by atoms with Crippen LogP contribution < -0.4 is 0 Å². The third-order valence-corrected chi connectivity index (χ3v) is 9.30. The van der Waals surface area contributed by atoms with Gasteiger partial charge in [-0.1, -0.05) is 190 Å². The molecule has 0 spiro atoms. The van der Waals surface area contributed by atoms with Crippen molar-refractivity contribution in [1.82, 2.24) is 0 Å². The minimum atomic E-state index is -0.794. The lowest BCUT2D eigenvalue weighted by molar-refractivity contribution is -0.167. The van der Waals surface area contributed by atoms with E-state index in [9.17, 15) is 14.4 Å². The first kappa shape index (κ1) is 51.9. The molecule has 0 amide bonds. The van der Waals surface area contributed by atoms with Gasteiger partial charge in [-0.15, -0.1) is 0 Å². The van der Waals surface area contributed by atoms with Crippen molar-refractivity contribution in [2.45, 2.75) is 207 Å². The summed E-state index contributed by atoms with van der Waals surface area (Å²) in [4.78, 5) is 37.7. The van der Waals surface area contributed by atoms with Crippen LogP contribution in [0, 0.1) is 0 Å². The van der Waals surface area contributed by atoms with E-state index in [-0.39, 0.29) is 31.1 Å². The van der Waals surface area contributed by atoms with Crippen LogP contribution >= 0.6 is 0 Å². The van der Waals surface area contributed by atoms with Crippen LogP contribution in [0.2, 0.25) is 0 Å². The fraction of sp³-hybridized carbons (Fsp3) is 0.694. The molecule has 0 rings (SSSR count). The Balaban J connectivity index is 4.47. The number of allylic oxidation sites excluding steroid dienone is 12. The van der Waals surface area contributed by atoms with Gasteiger partial charge in [-0.25, -0.2) is 0 Å². The highest BCUT2D eigenvalue weighted by Crippen LogP contribution is 2.14. The van der Waals surface area contributed by atoms with E-state index in [4.69, 9.17) is 14.2 Å². The molecule has 0 aliphatic carbocycles. The molecule has 0 heterocycles. The van der Waals surface area contributed by atoms with Crippen LogP contribution in [-0.2, 0) is 28.6 Å². The normalized spacial score (nSPS) is 12.7.